The highest BCUT2D eigenvalue weighted by atomic mass is 16.2. The lowest BCUT2D eigenvalue weighted by atomic mass is 9.85. The predicted octanol–water partition coefficient (Wildman–Crippen LogP) is 1.89. The summed E-state index contributed by atoms with van der Waals surface area (Å²) < 4.78 is 0. The maximum atomic E-state index is 12.3. The van der Waals surface area contributed by atoms with E-state index in [2.05, 4.69) is 22.9 Å². The molecule has 25 heavy (non-hydrogen) atoms. The van der Waals surface area contributed by atoms with Gasteiger partial charge in [0.25, 0.3) is 5.91 Å². The third kappa shape index (κ3) is 5.56. The van der Waals surface area contributed by atoms with Gasteiger partial charge in [0, 0.05) is 11.6 Å². The van der Waals surface area contributed by atoms with Crippen molar-refractivity contribution in [2.75, 3.05) is 11.9 Å². The number of para-hydroxylation sites is 1. The van der Waals surface area contributed by atoms with Crippen molar-refractivity contribution in [3.05, 3.63) is 29.3 Å². The molecule has 0 saturated heterocycles. The van der Waals surface area contributed by atoms with Crippen LogP contribution in [0.2, 0.25) is 0 Å². The largest absolute Gasteiger partial charge is 0.342 e. The van der Waals surface area contributed by atoms with Crippen LogP contribution in [0.1, 0.15) is 50.7 Å². The number of rotatable bonds is 6. The van der Waals surface area contributed by atoms with E-state index in [1.54, 1.807) is 0 Å². The van der Waals surface area contributed by atoms with Gasteiger partial charge in [-0.2, -0.15) is 0 Å². The molecule has 0 bridgehead atoms. The summed E-state index contributed by atoms with van der Waals surface area (Å²) in [5.41, 5.74) is 2.87. The fourth-order valence-electron chi connectivity index (χ4n) is 3.61. The molecule has 138 valence electrons. The molecule has 0 aliphatic heterocycles. The Morgan fingerprint density at radius 3 is 2.48 bits per heavy atom. The molecule has 0 heterocycles. The molecule has 1 aliphatic rings. The van der Waals surface area contributed by atoms with E-state index in [0.29, 0.717) is 12.0 Å². The molecule has 4 N–H and O–H groups in total. The van der Waals surface area contributed by atoms with E-state index >= 15 is 0 Å². The molecule has 3 atom stereocenters. The summed E-state index contributed by atoms with van der Waals surface area (Å²) in [5, 5.41) is 7.83. The average Bonchev–Trinajstić information content (AvgIpc) is 2.58. The molecule has 1 saturated carbocycles. The topological polar surface area (TPSA) is 74.8 Å². The van der Waals surface area contributed by atoms with Crippen LogP contribution in [0.5, 0.6) is 0 Å². The SMILES string of the molecule is Cc1cccc(C)c1NC(=O)CNC(=O)[C@H](C)[NH2+][C@@H]1CCCC[C@@H]1C. The summed E-state index contributed by atoms with van der Waals surface area (Å²) in [6.45, 7) is 8.11. The Bertz CT molecular complexity index is 595. The first-order valence-corrected chi connectivity index (χ1v) is 9.37. The van der Waals surface area contributed by atoms with E-state index < -0.39 is 0 Å². The minimum atomic E-state index is -0.191. The number of nitrogens with two attached hydrogens (primary N) is 1. The Labute approximate surface area is 151 Å². The van der Waals surface area contributed by atoms with Gasteiger partial charge >= 0.3 is 0 Å². The molecule has 0 unspecified atom stereocenters. The number of quaternary nitrogens is 1. The number of anilines is 1. The fourth-order valence-corrected chi connectivity index (χ4v) is 3.61. The van der Waals surface area contributed by atoms with Crippen molar-refractivity contribution in [2.45, 2.75) is 65.5 Å². The van der Waals surface area contributed by atoms with Crippen molar-refractivity contribution >= 4 is 17.5 Å². The second kappa shape index (κ2) is 8.99. The lowest BCUT2D eigenvalue weighted by Crippen LogP contribution is -2.97. The molecule has 2 rings (SSSR count). The minimum Gasteiger partial charge on any atom is -0.342 e. The van der Waals surface area contributed by atoms with E-state index in [4.69, 9.17) is 0 Å². The van der Waals surface area contributed by atoms with Crippen LogP contribution in [0.4, 0.5) is 5.69 Å². The number of amides is 2. The monoisotopic (exact) mass is 346 g/mol. The average molecular weight is 346 g/mol. The number of hydrogen-bond donors (Lipinski definition) is 3. The van der Waals surface area contributed by atoms with Crippen molar-refractivity contribution in [3.8, 4) is 0 Å². The Balaban J connectivity index is 1.79. The summed E-state index contributed by atoms with van der Waals surface area (Å²) in [7, 11) is 0. The second-order valence-corrected chi connectivity index (χ2v) is 7.44. The molecule has 1 aliphatic carbocycles. The van der Waals surface area contributed by atoms with Crippen molar-refractivity contribution in [1.82, 2.24) is 5.32 Å². The molecule has 5 nitrogen and oxygen atoms in total. The van der Waals surface area contributed by atoms with Gasteiger partial charge in [0.15, 0.2) is 6.04 Å². The first kappa shape index (κ1) is 19.4. The summed E-state index contributed by atoms with van der Waals surface area (Å²) in [6.07, 6.45) is 4.96. The standard InChI is InChI=1S/C20H31N3O2/c1-13-8-5-6-11-17(13)22-16(4)20(25)21-12-18(24)23-19-14(2)9-7-10-15(19)3/h7,9-10,13,16-17,22H,5-6,8,11-12H2,1-4H3,(H,21,25)(H,23,24)/p+1/t13-,16-,17+/m0/s1. The normalized spacial score (nSPS) is 21.4. The Morgan fingerprint density at radius 1 is 1.20 bits per heavy atom. The van der Waals surface area contributed by atoms with Gasteiger partial charge in [0.2, 0.25) is 5.91 Å². The molecular weight excluding hydrogens is 314 g/mol. The molecule has 1 aromatic rings. The lowest BCUT2D eigenvalue weighted by molar-refractivity contribution is -0.714. The first-order valence-electron chi connectivity index (χ1n) is 9.37. The van der Waals surface area contributed by atoms with Crippen LogP contribution in [0.3, 0.4) is 0 Å². The molecule has 1 fully saturated rings. The van der Waals surface area contributed by atoms with E-state index in [9.17, 15) is 9.59 Å². The van der Waals surface area contributed by atoms with Gasteiger partial charge in [-0.05, 0) is 51.2 Å². The number of aryl methyl sites for hydroxylation is 2. The predicted molar refractivity (Wildman–Crippen MR) is 100 cm³/mol. The van der Waals surface area contributed by atoms with Crippen LogP contribution >= 0.6 is 0 Å². The zero-order valence-corrected chi connectivity index (χ0v) is 15.9. The number of carbonyl (C=O) groups is 2. The van der Waals surface area contributed by atoms with Crippen LogP contribution in [-0.4, -0.2) is 30.4 Å². The Kier molecular flexibility index (Phi) is 7.00. The molecule has 2 amide bonds. The van der Waals surface area contributed by atoms with Gasteiger partial charge in [0.1, 0.15) is 0 Å². The van der Waals surface area contributed by atoms with Crippen LogP contribution in [0, 0.1) is 19.8 Å². The number of benzene rings is 1. The summed E-state index contributed by atoms with van der Waals surface area (Å²) in [6, 6.07) is 6.23. The zero-order chi connectivity index (χ0) is 18.4. The van der Waals surface area contributed by atoms with Gasteiger partial charge in [-0.15, -0.1) is 0 Å². The summed E-state index contributed by atoms with van der Waals surface area (Å²) in [5.74, 6) is 0.384. The van der Waals surface area contributed by atoms with Gasteiger partial charge < -0.3 is 16.0 Å². The van der Waals surface area contributed by atoms with Gasteiger partial charge in [-0.3, -0.25) is 9.59 Å². The highest BCUT2D eigenvalue weighted by Gasteiger charge is 2.28. The third-order valence-electron chi connectivity index (χ3n) is 5.30. The van der Waals surface area contributed by atoms with Crippen molar-refractivity contribution < 1.29 is 14.9 Å². The van der Waals surface area contributed by atoms with Gasteiger partial charge in [-0.1, -0.05) is 31.5 Å². The maximum Gasteiger partial charge on any atom is 0.278 e. The fraction of sp³-hybridized carbons (Fsp3) is 0.600. The number of carbonyl (C=O) groups excluding carboxylic acids is 2. The van der Waals surface area contributed by atoms with E-state index in [-0.39, 0.29) is 24.4 Å². The second-order valence-electron chi connectivity index (χ2n) is 7.44. The van der Waals surface area contributed by atoms with Crippen molar-refractivity contribution in [1.29, 1.82) is 0 Å². The molecule has 0 aromatic heterocycles. The smallest absolute Gasteiger partial charge is 0.278 e. The first-order chi connectivity index (χ1) is 11.9. The highest BCUT2D eigenvalue weighted by Crippen LogP contribution is 2.21. The number of nitrogens with one attached hydrogen (secondary N) is 2. The van der Waals surface area contributed by atoms with Crippen molar-refractivity contribution in [3.63, 3.8) is 0 Å². The van der Waals surface area contributed by atoms with Crippen LogP contribution < -0.4 is 16.0 Å². The van der Waals surface area contributed by atoms with Crippen molar-refractivity contribution in [2.24, 2.45) is 5.92 Å². The Hall–Kier alpha value is -1.88. The summed E-state index contributed by atoms with van der Waals surface area (Å²) in [4.78, 5) is 24.4. The lowest BCUT2D eigenvalue weighted by Gasteiger charge is -2.28. The summed E-state index contributed by atoms with van der Waals surface area (Å²) >= 11 is 0. The van der Waals surface area contributed by atoms with E-state index in [1.807, 2.05) is 39.0 Å². The van der Waals surface area contributed by atoms with Crippen LogP contribution in [0.25, 0.3) is 0 Å². The van der Waals surface area contributed by atoms with Gasteiger partial charge in [-0.25, -0.2) is 0 Å². The molecule has 1 aromatic carbocycles. The van der Waals surface area contributed by atoms with Crippen LogP contribution in [0.15, 0.2) is 18.2 Å². The van der Waals surface area contributed by atoms with E-state index in [0.717, 1.165) is 16.8 Å². The number of hydrogen-bond acceptors (Lipinski definition) is 2. The molecular formula is C20H32N3O2+. The minimum absolute atomic E-state index is 0.00497. The molecule has 5 heteroatoms. The van der Waals surface area contributed by atoms with Crippen LogP contribution in [-0.2, 0) is 9.59 Å². The molecule has 0 radical (unpaired) electrons. The zero-order valence-electron chi connectivity index (χ0n) is 15.9. The maximum absolute atomic E-state index is 12.3. The Morgan fingerprint density at radius 2 is 1.84 bits per heavy atom. The molecule has 0 spiro atoms. The quantitative estimate of drug-likeness (QED) is 0.736. The third-order valence-corrected chi connectivity index (χ3v) is 5.30. The van der Waals surface area contributed by atoms with Gasteiger partial charge in [0.05, 0.1) is 12.6 Å². The van der Waals surface area contributed by atoms with E-state index in [1.165, 1.54) is 25.7 Å². The highest BCUT2D eigenvalue weighted by molar-refractivity contribution is 5.96.